The fourth-order valence-corrected chi connectivity index (χ4v) is 4.08. The van der Waals surface area contributed by atoms with Gasteiger partial charge in [0.05, 0.1) is 11.8 Å². The Hall–Kier alpha value is -2.37. The molecule has 0 spiro atoms. The topological polar surface area (TPSA) is 70.5 Å². The van der Waals surface area contributed by atoms with Crippen LogP contribution in [0.5, 0.6) is 0 Å². The maximum absolute atomic E-state index is 13.5. The smallest absolute Gasteiger partial charge is 0.307 e. The monoisotopic (exact) mass is 432 g/mol. The van der Waals surface area contributed by atoms with Crippen molar-refractivity contribution in [1.82, 2.24) is 9.88 Å². The van der Waals surface area contributed by atoms with Crippen molar-refractivity contribution in [3.63, 3.8) is 0 Å². The first-order valence-corrected chi connectivity index (χ1v) is 10.1. The van der Waals surface area contributed by atoms with E-state index in [1.54, 1.807) is 41.6 Å². The van der Waals surface area contributed by atoms with Gasteiger partial charge in [0.1, 0.15) is 0 Å². The van der Waals surface area contributed by atoms with Crippen LogP contribution in [0, 0.1) is 11.8 Å². The Kier molecular flexibility index (Phi) is 6.93. The molecule has 0 bridgehead atoms. The highest BCUT2D eigenvalue weighted by Gasteiger charge is 2.37. The van der Waals surface area contributed by atoms with Gasteiger partial charge in [-0.3, -0.25) is 14.6 Å². The zero-order valence-electron chi connectivity index (χ0n) is 16.0. The van der Waals surface area contributed by atoms with Crippen LogP contribution in [0.1, 0.15) is 30.9 Å². The van der Waals surface area contributed by atoms with Gasteiger partial charge in [-0.1, -0.05) is 47.0 Å². The Morgan fingerprint density at radius 2 is 2.00 bits per heavy atom. The average Bonchev–Trinajstić information content (AvgIpc) is 2.69. The molecule has 2 aromatic rings. The van der Waals surface area contributed by atoms with Crippen molar-refractivity contribution in [2.24, 2.45) is 11.8 Å². The second-order valence-corrected chi connectivity index (χ2v) is 8.18. The summed E-state index contributed by atoms with van der Waals surface area (Å²) in [6.45, 7) is 2.48. The maximum Gasteiger partial charge on any atom is 0.307 e. The van der Waals surface area contributed by atoms with E-state index >= 15 is 0 Å². The summed E-state index contributed by atoms with van der Waals surface area (Å²) in [5.74, 6) is -2.48. The molecule has 0 aliphatic heterocycles. The lowest BCUT2D eigenvalue weighted by Gasteiger charge is -2.32. The molecule has 0 unspecified atom stereocenters. The van der Waals surface area contributed by atoms with Gasteiger partial charge in [-0.2, -0.15) is 0 Å². The third kappa shape index (κ3) is 5.37. The number of hydrogen-bond donors (Lipinski definition) is 1. The van der Waals surface area contributed by atoms with Crippen molar-refractivity contribution in [2.45, 2.75) is 32.9 Å². The van der Waals surface area contributed by atoms with Crippen LogP contribution in [0.3, 0.4) is 0 Å². The Morgan fingerprint density at radius 3 is 2.66 bits per heavy atom. The number of hydrogen-bond acceptors (Lipinski definition) is 3. The van der Waals surface area contributed by atoms with Crippen LogP contribution in [0.25, 0.3) is 0 Å². The number of rotatable bonds is 6. The van der Waals surface area contributed by atoms with Crippen molar-refractivity contribution >= 4 is 35.1 Å². The normalized spacial score (nSPS) is 18.8. The summed E-state index contributed by atoms with van der Waals surface area (Å²) >= 11 is 12.3. The molecule has 0 fully saturated rings. The molecule has 1 heterocycles. The lowest BCUT2D eigenvalue weighted by Crippen LogP contribution is -2.41. The minimum Gasteiger partial charge on any atom is -0.481 e. The third-order valence-corrected chi connectivity index (χ3v) is 5.75. The molecular formula is C22H22Cl2N2O3. The van der Waals surface area contributed by atoms with E-state index in [-0.39, 0.29) is 12.5 Å². The number of aromatic nitrogens is 1. The van der Waals surface area contributed by atoms with Gasteiger partial charge in [0.25, 0.3) is 0 Å². The summed E-state index contributed by atoms with van der Waals surface area (Å²) in [5.41, 5.74) is 2.61. The van der Waals surface area contributed by atoms with Gasteiger partial charge in [-0.15, -0.1) is 0 Å². The van der Waals surface area contributed by atoms with Gasteiger partial charge in [0.15, 0.2) is 0 Å². The molecule has 1 aromatic heterocycles. The van der Waals surface area contributed by atoms with Crippen molar-refractivity contribution in [1.29, 1.82) is 0 Å². The number of allylic oxidation sites excluding steroid dienone is 2. The van der Waals surface area contributed by atoms with Crippen molar-refractivity contribution in [3.8, 4) is 0 Å². The van der Waals surface area contributed by atoms with Crippen LogP contribution in [-0.2, 0) is 22.7 Å². The maximum atomic E-state index is 13.5. The fraction of sp³-hybridized carbons (Fsp3) is 0.318. The lowest BCUT2D eigenvalue weighted by molar-refractivity contribution is -0.151. The Bertz CT molecular complexity index is 931. The molecule has 1 N–H and O–H groups in total. The number of carbonyl (C=O) groups excluding carboxylic acids is 1. The molecule has 1 aliphatic rings. The lowest BCUT2D eigenvalue weighted by atomic mass is 9.79. The molecule has 2 atom stereocenters. The summed E-state index contributed by atoms with van der Waals surface area (Å²) in [5, 5.41) is 10.7. The van der Waals surface area contributed by atoms with Crippen LogP contribution in [-0.4, -0.2) is 26.9 Å². The highest BCUT2D eigenvalue weighted by atomic mass is 35.5. The molecule has 152 valence electrons. The number of pyridine rings is 1. The van der Waals surface area contributed by atoms with Gasteiger partial charge in [-0.25, -0.2) is 0 Å². The van der Waals surface area contributed by atoms with Gasteiger partial charge in [0, 0.05) is 35.5 Å². The van der Waals surface area contributed by atoms with E-state index in [0.29, 0.717) is 29.4 Å². The highest BCUT2D eigenvalue weighted by Crippen LogP contribution is 2.33. The summed E-state index contributed by atoms with van der Waals surface area (Å²) < 4.78 is 0. The molecule has 3 rings (SSSR count). The molecule has 1 aromatic carbocycles. The number of halogens is 2. The Balaban J connectivity index is 1.90. The average molecular weight is 433 g/mol. The zero-order chi connectivity index (χ0) is 21.0. The Labute approximate surface area is 180 Å². The number of benzene rings is 1. The number of carboxylic acid groups (broad SMARTS) is 1. The summed E-state index contributed by atoms with van der Waals surface area (Å²) in [4.78, 5) is 31.0. The number of aliphatic carboxylic acids is 1. The van der Waals surface area contributed by atoms with Gasteiger partial charge >= 0.3 is 5.97 Å². The first kappa shape index (κ1) is 21.3. The van der Waals surface area contributed by atoms with E-state index in [4.69, 9.17) is 23.2 Å². The van der Waals surface area contributed by atoms with Crippen molar-refractivity contribution in [3.05, 3.63) is 75.5 Å². The molecular weight excluding hydrogens is 411 g/mol. The Morgan fingerprint density at radius 1 is 1.21 bits per heavy atom. The van der Waals surface area contributed by atoms with Crippen LogP contribution in [0.2, 0.25) is 10.0 Å². The molecule has 0 saturated carbocycles. The van der Waals surface area contributed by atoms with E-state index in [0.717, 1.165) is 16.7 Å². The van der Waals surface area contributed by atoms with Gasteiger partial charge in [0.2, 0.25) is 5.91 Å². The molecule has 1 aliphatic carbocycles. The van der Waals surface area contributed by atoms with E-state index in [1.807, 2.05) is 19.1 Å². The second kappa shape index (κ2) is 9.42. The summed E-state index contributed by atoms with van der Waals surface area (Å²) in [7, 11) is 0. The standard InChI is InChI=1S/C22H22Cl2N2O3/c1-14-4-7-18(19(9-14)22(28)29)21(27)26(12-15-3-2-8-25-11-15)13-16-5-6-17(23)10-20(16)24/h2-6,8,10-11,18-19H,7,9,12-13H2,1H3,(H,28,29)/t18-,19+/m1/s1. The zero-order valence-corrected chi connectivity index (χ0v) is 17.5. The predicted octanol–water partition coefficient (Wildman–Crippen LogP) is 4.97. The van der Waals surface area contributed by atoms with Gasteiger partial charge < -0.3 is 10.0 Å². The molecule has 7 heteroatoms. The van der Waals surface area contributed by atoms with Crippen LogP contribution >= 0.6 is 23.2 Å². The fourth-order valence-electron chi connectivity index (χ4n) is 3.61. The van der Waals surface area contributed by atoms with E-state index in [9.17, 15) is 14.7 Å². The largest absolute Gasteiger partial charge is 0.481 e. The van der Waals surface area contributed by atoms with Crippen LogP contribution in [0.15, 0.2) is 54.4 Å². The number of amides is 1. The molecule has 5 nitrogen and oxygen atoms in total. The van der Waals surface area contributed by atoms with Crippen LogP contribution in [0.4, 0.5) is 0 Å². The molecule has 0 radical (unpaired) electrons. The first-order valence-electron chi connectivity index (χ1n) is 9.35. The second-order valence-electron chi connectivity index (χ2n) is 7.33. The van der Waals surface area contributed by atoms with Crippen molar-refractivity contribution in [2.75, 3.05) is 0 Å². The van der Waals surface area contributed by atoms with Gasteiger partial charge in [-0.05, 0) is 49.1 Å². The quantitative estimate of drug-likeness (QED) is 0.653. The van der Waals surface area contributed by atoms with E-state index < -0.39 is 17.8 Å². The van der Waals surface area contributed by atoms with E-state index in [2.05, 4.69) is 4.98 Å². The summed E-state index contributed by atoms with van der Waals surface area (Å²) in [6, 6.07) is 8.84. The molecule has 29 heavy (non-hydrogen) atoms. The number of nitrogens with zero attached hydrogens (tertiary/aromatic N) is 2. The molecule has 0 saturated heterocycles. The number of carbonyl (C=O) groups is 2. The first-order chi connectivity index (χ1) is 13.8. The SMILES string of the molecule is CC1=CC[C@@H](C(=O)N(Cc2cccnc2)Cc2ccc(Cl)cc2Cl)[C@@H](C(=O)O)C1. The highest BCUT2D eigenvalue weighted by molar-refractivity contribution is 6.35. The minimum absolute atomic E-state index is 0.198. The molecule has 1 amide bonds. The predicted molar refractivity (Wildman–Crippen MR) is 113 cm³/mol. The van der Waals surface area contributed by atoms with Crippen LogP contribution < -0.4 is 0 Å². The third-order valence-electron chi connectivity index (χ3n) is 5.17. The van der Waals surface area contributed by atoms with E-state index in [1.165, 1.54) is 0 Å². The number of carboxylic acids is 1. The van der Waals surface area contributed by atoms with Crippen molar-refractivity contribution < 1.29 is 14.7 Å². The minimum atomic E-state index is -0.943. The summed E-state index contributed by atoms with van der Waals surface area (Å²) in [6.07, 6.45) is 6.12.